The van der Waals surface area contributed by atoms with Crippen LogP contribution in [-0.4, -0.2) is 61.9 Å². The Bertz CT molecular complexity index is 1670. The summed E-state index contributed by atoms with van der Waals surface area (Å²) in [5.41, 5.74) is 1.73. The number of aromatic nitrogens is 3. The number of thiazole rings is 1. The SMILES string of the molecule is CCCCCCCCCCCCCCC(C(=O)NCCS(N)(=O)=O)(c1nc2ccc(-c3cncnc3)cc2s1)S(=O)(=O)CCC(F)(F)F. The first-order valence-corrected chi connectivity index (χ1v) is 20.6. The first kappa shape index (κ1) is 39.7. The van der Waals surface area contributed by atoms with Crippen molar-refractivity contribution in [1.29, 1.82) is 0 Å². The average Bonchev–Trinajstić information content (AvgIpc) is 3.45. The standard InChI is InChI=1S/C32H46F3N5O5S3/c1-2-3-4-5-6-7-8-9-10-11-12-13-16-31(29(41)39-18-20-48(36,44)45,47(42,43)19-17-32(33,34)35)30-40-27-15-14-25(21-28(27)46-30)26-22-37-24-38-23-26/h14-15,21-24H,2-13,16-20H2,1H3,(H,39,41)(H2,36,44,45). The molecular formula is C32H46F3N5O5S3. The second kappa shape index (κ2) is 18.3. The molecule has 2 heterocycles. The minimum Gasteiger partial charge on any atom is -0.353 e. The number of unbranched alkanes of at least 4 members (excludes halogenated alkanes) is 11. The van der Waals surface area contributed by atoms with E-state index in [2.05, 4.69) is 27.2 Å². The molecule has 3 rings (SSSR count). The van der Waals surface area contributed by atoms with Crippen LogP contribution in [-0.2, 0) is 29.4 Å². The van der Waals surface area contributed by atoms with E-state index in [9.17, 15) is 34.8 Å². The molecule has 3 N–H and O–H groups in total. The maximum Gasteiger partial charge on any atom is 0.390 e. The normalized spacial score (nSPS) is 13.9. The number of amides is 1. The molecule has 3 aromatic rings. The van der Waals surface area contributed by atoms with Gasteiger partial charge in [0.05, 0.1) is 28.1 Å². The Labute approximate surface area is 285 Å². The Morgan fingerprint density at radius 1 is 0.833 bits per heavy atom. The highest BCUT2D eigenvalue weighted by atomic mass is 32.2. The van der Waals surface area contributed by atoms with Crippen LogP contribution in [0.2, 0.25) is 0 Å². The van der Waals surface area contributed by atoms with Crippen LogP contribution in [0.5, 0.6) is 0 Å². The molecule has 0 radical (unpaired) electrons. The molecule has 10 nitrogen and oxygen atoms in total. The minimum atomic E-state index is -4.84. The van der Waals surface area contributed by atoms with Crippen molar-refractivity contribution in [2.45, 2.75) is 108 Å². The monoisotopic (exact) mass is 733 g/mol. The first-order chi connectivity index (χ1) is 22.7. The molecule has 0 spiro atoms. The van der Waals surface area contributed by atoms with Crippen LogP contribution in [0.15, 0.2) is 36.9 Å². The maximum atomic E-state index is 14.0. The molecule has 1 aromatic carbocycles. The van der Waals surface area contributed by atoms with Gasteiger partial charge in [-0.15, -0.1) is 11.3 Å². The van der Waals surface area contributed by atoms with Gasteiger partial charge in [0.2, 0.25) is 20.7 Å². The predicted molar refractivity (Wildman–Crippen MR) is 183 cm³/mol. The molecule has 1 unspecified atom stereocenters. The number of hydrogen-bond donors (Lipinski definition) is 2. The number of sulfone groups is 1. The summed E-state index contributed by atoms with van der Waals surface area (Å²) in [5, 5.41) is 7.26. The summed E-state index contributed by atoms with van der Waals surface area (Å²) in [5.74, 6) is -3.13. The average molecular weight is 734 g/mol. The van der Waals surface area contributed by atoms with E-state index in [1.165, 1.54) is 38.4 Å². The fourth-order valence-electron chi connectivity index (χ4n) is 5.56. The molecule has 0 aliphatic heterocycles. The number of benzene rings is 1. The summed E-state index contributed by atoms with van der Waals surface area (Å²) in [6.45, 7) is 1.66. The van der Waals surface area contributed by atoms with Crippen molar-refractivity contribution >= 4 is 47.3 Å². The van der Waals surface area contributed by atoms with E-state index in [1.54, 1.807) is 30.6 Å². The minimum absolute atomic E-state index is 0.169. The highest BCUT2D eigenvalue weighted by Crippen LogP contribution is 2.43. The molecule has 0 aliphatic rings. The van der Waals surface area contributed by atoms with E-state index in [0.29, 0.717) is 27.8 Å². The number of primary sulfonamides is 1. The Morgan fingerprint density at radius 3 is 1.98 bits per heavy atom. The van der Waals surface area contributed by atoms with E-state index in [-0.39, 0.29) is 17.8 Å². The second-order valence-corrected chi connectivity index (χ2v) is 17.2. The summed E-state index contributed by atoms with van der Waals surface area (Å²) >= 11 is 0.909. The molecule has 0 fully saturated rings. The highest BCUT2D eigenvalue weighted by Gasteiger charge is 2.54. The van der Waals surface area contributed by atoms with Crippen LogP contribution in [0, 0.1) is 0 Å². The van der Waals surface area contributed by atoms with Gasteiger partial charge in [-0.3, -0.25) is 4.79 Å². The fraction of sp³-hybridized carbons (Fsp3) is 0.625. The number of sulfonamides is 1. The molecule has 0 saturated carbocycles. The Hall–Kier alpha value is -2.69. The van der Waals surface area contributed by atoms with Crippen molar-refractivity contribution in [3.8, 4) is 11.1 Å². The summed E-state index contributed by atoms with van der Waals surface area (Å²) in [4.78, 5) is 26.5. The number of nitrogens with zero attached hydrogens (tertiary/aromatic N) is 3. The third kappa shape index (κ3) is 12.0. The molecule has 0 saturated heterocycles. The number of hydrogen-bond acceptors (Lipinski definition) is 9. The zero-order chi connectivity index (χ0) is 35.3. The van der Waals surface area contributed by atoms with Crippen LogP contribution in [0.25, 0.3) is 21.3 Å². The predicted octanol–water partition coefficient (Wildman–Crippen LogP) is 6.81. The lowest BCUT2D eigenvalue weighted by Crippen LogP contribution is -2.52. The van der Waals surface area contributed by atoms with E-state index in [1.807, 2.05) is 0 Å². The summed E-state index contributed by atoms with van der Waals surface area (Å²) in [7, 11) is -8.87. The number of carbonyl (C=O) groups is 1. The third-order valence-corrected chi connectivity index (χ3v) is 12.7. The van der Waals surface area contributed by atoms with Crippen molar-refractivity contribution in [2.75, 3.05) is 18.1 Å². The molecule has 0 bridgehead atoms. The molecule has 0 aliphatic carbocycles. The molecular weight excluding hydrogens is 688 g/mol. The van der Waals surface area contributed by atoms with Crippen LogP contribution < -0.4 is 10.5 Å². The zero-order valence-electron chi connectivity index (χ0n) is 27.3. The van der Waals surface area contributed by atoms with Gasteiger partial charge in [0.25, 0.3) is 0 Å². The molecule has 1 atom stereocenters. The van der Waals surface area contributed by atoms with Crippen LogP contribution in [0.4, 0.5) is 13.2 Å². The second-order valence-electron chi connectivity index (χ2n) is 12.1. The lowest BCUT2D eigenvalue weighted by Gasteiger charge is -2.30. The number of alkyl halides is 3. The van der Waals surface area contributed by atoms with Crippen LogP contribution >= 0.6 is 11.3 Å². The smallest absolute Gasteiger partial charge is 0.353 e. The van der Waals surface area contributed by atoms with Gasteiger partial charge < -0.3 is 5.32 Å². The number of halogens is 3. The van der Waals surface area contributed by atoms with Crippen LogP contribution in [0.1, 0.15) is 102 Å². The Balaban J connectivity index is 1.91. The van der Waals surface area contributed by atoms with Crippen LogP contribution in [0.3, 0.4) is 0 Å². The maximum absolute atomic E-state index is 14.0. The Kier molecular flexibility index (Phi) is 15.2. The van der Waals surface area contributed by atoms with E-state index in [4.69, 9.17) is 5.14 Å². The molecule has 268 valence electrons. The van der Waals surface area contributed by atoms with Crippen molar-refractivity contribution in [1.82, 2.24) is 20.3 Å². The third-order valence-electron chi connectivity index (χ3n) is 8.23. The Morgan fingerprint density at radius 2 is 1.42 bits per heavy atom. The van der Waals surface area contributed by atoms with Gasteiger partial charge in [0.1, 0.15) is 11.3 Å². The van der Waals surface area contributed by atoms with Gasteiger partial charge in [-0.1, -0.05) is 90.0 Å². The summed E-state index contributed by atoms with van der Waals surface area (Å²) in [6, 6.07) is 5.08. The lowest BCUT2D eigenvalue weighted by molar-refractivity contribution is -0.130. The van der Waals surface area contributed by atoms with Gasteiger partial charge >= 0.3 is 6.18 Å². The number of nitrogens with two attached hydrogens (primary N) is 1. The first-order valence-electron chi connectivity index (χ1n) is 16.4. The fourth-order valence-corrected chi connectivity index (χ4v) is 9.54. The highest BCUT2D eigenvalue weighted by molar-refractivity contribution is 7.93. The zero-order valence-corrected chi connectivity index (χ0v) is 29.8. The molecule has 48 heavy (non-hydrogen) atoms. The topological polar surface area (TPSA) is 162 Å². The van der Waals surface area contributed by atoms with Gasteiger partial charge in [-0.2, -0.15) is 13.2 Å². The van der Waals surface area contributed by atoms with Gasteiger partial charge in [-0.25, -0.2) is 36.9 Å². The lowest BCUT2D eigenvalue weighted by atomic mass is 9.98. The molecule has 16 heteroatoms. The van der Waals surface area contributed by atoms with Gasteiger partial charge in [-0.05, 0) is 24.1 Å². The van der Waals surface area contributed by atoms with Gasteiger partial charge in [0, 0.05) is 24.5 Å². The summed E-state index contributed by atoms with van der Waals surface area (Å²) < 4.78 is 89.4. The molecule has 1 amide bonds. The van der Waals surface area contributed by atoms with Crippen molar-refractivity contribution in [3.05, 3.63) is 41.9 Å². The number of carbonyl (C=O) groups excluding carboxylic acids is 1. The number of nitrogens with one attached hydrogen (secondary N) is 1. The van der Waals surface area contributed by atoms with E-state index >= 15 is 0 Å². The van der Waals surface area contributed by atoms with Gasteiger partial charge in [0.15, 0.2) is 9.84 Å². The quantitative estimate of drug-likeness (QED) is 0.106. The van der Waals surface area contributed by atoms with Crippen molar-refractivity contribution < 1.29 is 34.8 Å². The van der Waals surface area contributed by atoms with Crippen molar-refractivity contribution in [3.63, 3.8) is 0 Å². The van der Waals surface area contributed by atoms with E-state index < -0.39 is 61.2 Å². The summed E-state index contributed by atoms with van der Waals surface area (Å²) in [6.07, 6.45) is 9.65. The number of rotatable bonds is 22. The molecule has 2 aromatic heterocycles. The van der Waals surface area contributed by atoms with Crippen molar-refractivity contribution in [2.24, 2.45) is 5.14 Å². The number of fused-ring (bicyclic) bond motifs is 1. The largest absolute Gasteiger partial charge is 0.390 e. The van der Waals surface area contributed by atoms with E-state index in [0.717, 1.165) is 43.4 Å².